The van der Waals surface area contributed by atoms with E-state index in [0.29, 0.717) is 4.90 Å². The van der Waals surface area contributed by atoms with Crippen molar-refractivity contribution in [2.45, 2.75) is 0 Å². The highest BCUT2D eigenvalue weighted by atomic mass is 32.2. The smallest absolute Gasteiger partial charge is 0.323 e. The quantitative estimate of drug-likeness (QED) is 0.712. The number of carboxylic acids is 1. The summed E-state index contributed by atoms with van der Waals surface area (Å²) < 4.78 is 29.8. The molecule has 1 aromatic carbocycles. The standard InChI is InChI=1S/C12H12N2O7S/c1-21-9-4-7-6(3-8(9)13-22(2,19)20)11(17)14(12(7)18)5-10(15)16/h3-4,13H,5H2,1-2H3,(H,15,16). The Kier molecular flexibility index (Phi) is 3.79. The van der Waals surface area contributed by atoms with E-state index in [2.05, 4.69) is 4.72 Å². The van der Waals surface area contributed by atoms with Crippen LogP contribution in [-0.2, 0) is 14.8 Å². The summed E-state index contributed by atoms with van der Waals surface area (Å²) in [5.74, 6) is -2.87. The van der Waals surface area contributed by atoms with E-state index in [1.165, 1.54) is 13.2 Å². The lowest BCUT2D eigenvalue weighted by Crippen LogP contribution is -2.34. The summed E-state index contributed by atoms with van der Waals surface area (Å²) in [6.45, 7) is -0.774. The number of ether oxygens (including phenoxy) is 1. The van der Waals surface area contributed by atoms with Crippen LogP contribution in [0.4, 0.5) is 5.69 Å². The molecular formula is C12H12N2O7S. The minimum atomic E-state index is -3.62. The number of methoxy groups -OCH3 is 1. The van der Waals surface area contributed by atoms with Gasteiger partial charge in [0.25, 0.3) is 11.8 Å². The highest BCUT2D eigenvalue weighted by Crippen LogP contribution is 2.33. The first-order valence-corrected chi connectivity index (χ1v) is 7.81. The van der Waals surface area contributed by atoms with Gasteiger partial charge < -0.3 is 9.84 Å². The van der Waals surface area contributed by atoms with Crippen LogP contribution in [0.5, 0.6) is 5.75 Å². The second kappa shape index (κ2) is 5.30. The first-order chi connectivity index (χ1) is 10.1. The molecule has 22 heavy (non-hydrogen) atoms. The summed E-state index contributed by atoms with van der Waals surface area (Å²) >= 11 is 0. The summed E-state index contributed by atoms with van der Waals surface area (Å²) in [6.07, 6.45) is 0.920. The Morgan fingerprint density at radius 2 is 1.82 bits per heavy atom. The zero-order chi connectivity index (χ0) is 16.7. The molecule has 1 aliphatic heterocycles. The number of carbonyl (C=O) groups is 3. The van der Waals surface area contributed by atoms with Crippen molar-refractivity contribution >= 4 is 33.5 Å². The van der Waals surface area contributed by atoms with Gasteiger partial charge in [0.1, 0.15) is 12.3 Å². The lowest BCUT2D eigenvalue weighted by molar-refractivity contribution is -0.137. The molecule has 0 saturated carbocycles. The number of hydrogen-bond acceptors (Lipinski definition) is 6. The van der Waals surface area contributed by atoms with E-state index in [1.807, 2.05) is 0 Å². The van der Waals surface area contributed by atoms with Gasteiger partial charge in [0, 0.05) is 0 Å². The number of nitrogens with zero attached hydrogens (tertiary/aromatic N) is 1. The van der Waals surface area contributed by atoms with Gasteiger partial charge in [-0.25, -0.2) is 8.42 Å². The van der Waals surface area contributed by atoms with Crippen LogP contribution < -0.4 is 9.46 Å². The van der Waals surface area contributed by atoms with Crippen molar-refractivity contribution < 1.29 is 32.6 Å². The second-order valence-electron chi connectivity index (χ2n) is 4.56. The van der Waals surface area contributed by atoms with Crippen LogP contribution in [0.3, 0.4) is 0 Å². The summed E-state index contributed by atoms with van der Waals surface area (Å²) in [5.41, 5.74) is -0.137. The van der Waals surface area contributed by atoms with Crippen molar-refractivity contribution in [1.29, 1.82) is 0 Å². The molecule has 0 saturated heterocycles. The predicted molar refractivity (Wildman–Crippen MR) is 74.5 cm³/mol. The van der Waals surface area contributed by atoms with Crippen LogP contribution in [-0.4, -0.2) is 56.1 Å². The monoisotopic (exact) mass is 328 g/mol. The summed E-state index contributed by atoms with van der Waals surface area (Å²) in [5, 5.41) is 8.73. The third kappa shape index (κ3) is 2.86. The molecule has 2 N–H and O–H groups in total. The summed E-state index contributed by atoms with van der Waals surface area (Å²) in [4.78, 5) is 35.4. The van der Waals surface area contributed by atoms with E-state index in [0.717, 1.165) is 12.3 Å². The van der Waals surface area contributed by atoms with Gasteiger partial charge in [-0.3, -0.25) is 24.0 Å². The molecule has 1 aromatic rings. The Labute approximate surface area is 125 Å². The van der Waals surface area contributed by atoms with Gasteiger partial charge in [-0.2, -0.15) is 0 Å². The number of rotatable bonds is 5. The van der Waals surface area contributed by atoms with Crippen molar-refractivity contribution in [1.82, 2.24) is 4.90 Å². The van der Waals surface area contributed by atoms with Crippen molar-refractivity contribution in [2.24, 2.45) is 0 Å². The molecule has 1 aliphatic rings. The molecule has 1 heterocycles. The fourth-order valence-electron chi connectivity index (χ4n) is 2.04. The Morgan fingerprint density at radius 3 is 2.27 bits per heavy atom. The molecule has 0 bridgehead atoms. The number of aliphatic carboxylic acids is 1. The number of anilines is 1. The van der Waals surface area contributed by atoms with Gasteiger partial charge in [-0.15, -0.1) is 0 Å². The zero-order valence-electron chi connectivity index (χ0n) is 11.6. The highest BCUT2D eigenvalue weighted by Gasteiger charge is 2.38. The Bertz CT molecular complexity index is 785. The maximum absolute atomic E-state index is 12.1. The van der Waals surface area contributed by atoms with E-state index >= 15 is 0 Å². The molecule has 9 nitrogen and oxygen atoms in total. The predicted octanol–water partition coefficient (Wildman–Crippen LogP) is -0.253. The molecule has 0 aromatic heterocycles. The number of hydrogen-bond donors (Lipinski definition) is 2. The van der Waals surface area contributed by atoms with E-state index in [-0.39, 0.29) is 22.6 Å². The Hall–Kier alpha value is -2.62. The minimum absolute atomic E-state index is 0.0120. The molecule has 0 aliphatic carbocycles. The maximum Gasteiger partial charge on any atom is 0.323 e. The summed E-state index contributed by atoms with van der Waals surface area (Å²) in [7, 11) is -2.36. The molecule has 0 atom stereocenters. The van der Waals surface area contributed by atoms with E-state index in [4.69, 9.17) is 9.84 Å². The fourth-order valence-corrected chi connectivity index (χ4v) is 2.60. The van der Waals surface area contributed by atoms with Crippen LogP contribution >= 0.6 is 0 Å². The molecule has 0 unspecified atom stereocenters. The van der Waals surface area contributed by atoms with E-state index in [9.17, 15) is 22.8 Å². The van der Waals surface area contributed by atoms with Crippen LogP contribution in [0, 0.1) is 0 Å². The van der Waals surface area contributed by atoms with Crippen molar-refractivity contribution in [3.8, 4) is 5.75 Å². The number of carbonyl (C=O) groups excluding carboxylic acids is 2. The van der Waals surface area contributed by atoms with Crippen molar-refractivity contribution in [3.63, 3.8) is 0 Å². The third-order valence-corrected chi connectivity index (χ3v) is 3.47. The number of nitrogens with one attached hydrogen (secondary N) is 1. The number of fused-ring (bicyclic) bond motifs is 1. The second-order valence-corrected chi connectivity index (χ2v) is 6.31. The minimum Gasteiger partial charge on any atom is -0.495 e. The van der Waals surface area contributed by atoms with Gasteiger partial charge >= 0.3 is 5.97 Å². The molecule has 0 spiro atoms. The van der Waals surface area contributed by atoms with Crippen molar-refractivity contribution in [2.75, 3.05) is 24.6 Å². The molecule has 0 fully saturated rings. The van der Waals surface area contributed by atoms with Crippen LogP contribution in [0.25, 0.3) is 0 Å². The van der Waals surface area contributed by atoms with Gasteiger partial charge in [0.2, 0.25) is 10.0 Å². The van der Waals surface area contributed by atoms with E-state index < -0.39 is 34.4 Å². The van der Waals surface area contributed by atoms with Crippen molar-refractivity contribution in [3.05, 3.63) is 23.3 Å². The third-order valence-electron chi connectivity index (χ3n) is 2.88. The highest BCUT2D eigenvalue weighted by molar-refractivity contribution is 7.92. The van der Waals surface area contributed by atoms with Crippen LogP contribution in [0.1, 0.15) is 20.7 Å². The van der Waals surface area contributed by atoms with E-state index in [1.54, 1.807) is 0 Å². The first-order valence-electron chi connectivity index (χ1n) is 5.92. The largest absolute Gasteiger partial charge is 0.495 e. The maximum atomic E-state index is 12.1. The van der Waals surface area contributed by atoms with Crippen LogP contribution in [0.2, 0.25) is 0 Å². The molecule has 2 rings (SSSR count). The number of amides is 2. The first kappa shape index (κ1) is 15.8. The average Bonchev–Trinajstić information content (AvgIpc) is 2.60. The molecule has 2 amide bonds. The molecule has 118 valence electrons. The molecular weight excluding hydrogens is 316 g/mol. The number of benzene rings is 1. The lowest BCUT2D eigenvalue weighted by Gasteiger charge is -2.10. The van der Waals surface area contributed by atoms with Crippen LogP contribution in [0.15, 0.2) is 12.1 Å². The lowest BCUT2D eigenvalue weighted by atomic mass is 10.1. The Balaban J connectivity index is 2.53. The van der Waals surface area contributed by atoms with Gasteiger partial charge in [-0.1, -0.05) is 0 Å². The Morgan fingerprint density at radius 1 is 1.27 bits per heavy atom. The number of carboxylic acid groups (broad SMARTS) is 1. The average molecular weight is 328 g/mol. The summed E-state index contributed by atoms with van der Waals surface area (Å²) in [6, 6.07) is 2.35. The SMILES string of the molecule is COc1cc2c(cc1NS(C)(=O)=O)C(=O)N(CC(=O)O)C2=O. The topological polar surface area (TPSA) is 130 Å². The fraction of sp³-hybridized carbons (Fsp3) is 0.250. The normalized spacial score (nSPS) is 14.0. The number of imide groups is 1. The molecule has 0 radical (unpaired) electrons. The van der Waals surface area contributed by atoms with Gasteiger partial charge in [-0.05, 0) is 12.1 Å². The number of sulfonamides is 1. The van der Waals surface area contributed by atoms with Gasteiger partial charge in [0.15, 0.2) is 0 Å². The van der Waals surface area contributed by atoms with Gasteiger partial charge in [0.05, 0.1) is 30.2 Å². The molecule has 10 heteroatoms. The zero-order valence-corrected chi connectivity index (χ0v) is 12.4.